The van der Waals surface area contributed by atoms with Crippen LogP contribution in [0.2, 0.25) is 5.02 Å². The van der Waals surface area contributed by atoms with Crippen molar-refractivity contribution in [3.05, 3.63) is 147 Å². The first kappa shape index (κ1) is 40.1. The lowest BCUT2D eigenvalue weighted by Crippen LogP contribution is -2.47. The van der Waals surface area contributed by atoms with Crippen molar-refractivity contribution < 1.29 is 28.1 Å². The van der Waals surface area contributed by atoms with Gasteiger partial charge in [0.2, 0.25) is 11.8 Å². The molecule has 11 heteroatoms. The molecule has 1 aromatic heterocycles. The van der Waals surface area contributed by atoms with Gasteiger partial charge in [-0.3, -0.25) is 9.69 Å². The van der Waals surface area contributed by atoms with Crippen LogP contribution in [0.5, 0.6) is 28.9 Å². The summed E-state index contributed by atoms with van der Waals surface area (Å²) in [5.74, 6) is 2.68. The lowest BCUT2D eigenvalue weighted by molar-refractivity contribution is -0.127. The predicted octanol–water partition coefficient (Wildman–Crippen LogP) is 9.27. The summed E-state index contributed by atoms with van der Waals surface area (Å²) in [5.41, 5.74) is 5.65. The van der Waals surface area contributed by atoms with Crippen LogP contribution >= 0.6 is 24.0 Å². The van der Waals surface area contributed by atoms with Crippen molar-refractivity contribution in [3.63, 3.8) is 0 Å². The van der Waals surface area contributed by atoms with Gasteiger partial charge in [-0.1, -0.05) is 41.9 Å². The molecule has 4 aromatic carbocycles. The van der Waals surface area contributed by atoms with E-state index < -0.39 is 0 Å². The number of nitrogens with zero attached hydrogens (tertiary/aromatic N) is 3. The second-order valence-electron chi connectivity index (χ2n) is 13.0. The summed E-state index contributed by atoms with van der Waals surface area (Å²) in [7, 11) is 1.65. The summed E-state index contributed by atoms with van der Waals surface area (Å²) < 4.78 is 36.5. The standard InChI is InChI=1S/C43H43ClFN3O5.ClH/c1-30-22-35(25-36(45)23-30)29-52-39-13-14-41(46-27-39)53-43-31(2)24-34(26-40(43)44)8-15-42(49)48-19-17-47(18-20-48)28-33-6-4-32(5-7-33)16-21-51-38-11-9-37(50-3)10-12-38;/h4-15,22-27H,16-21,28-29H2,1-3H3;1H. The van der Waals surface area contributed by atoms with Gasteiger partial charge in [0.25, 0.3) is 0 Å². The maximum absolute atomic E-state index is 13.7. The third-order valence-corrected chi connectivity index (χ3v) is 9.21. The number of piperazine rings is 1. The van der Waals surface area contributed by atoms with Crippen molar-refractivity contribution in [2.24, 2.45) is 0 Å². The number of hydrogen-bond acceptors (Lipinski definition) is 7. The first-order chi connectivity index (χ1) is 25.7. The van der Waals surface area contributed by atoms with E-state index in [-0.39, 0.29) is 30.7 Å². The summed E-state index contributed by atoms with van der Waals surface area (Å²) >= 11 is 6.62. The largest absolute Gasteiger partial charge is 0.497 e. The summed E-state index contributed by atoms with van der Waals surface area (Å²) in [5, 5.41) is 0.407. The molecule has 0 bridgehead atoms. The molecule has 5 aromatic rings. The fourth-order valence-electron chi connectivity index (χ4n) is 6.09. The van der Waals surface area contributed by atoms with Crippen LogP contribution in [0.3, 0.4) is 0 Å². The third-order valence-electron chi connectivity index (χ3n) is 8.93. The molecule has 1 saturated heterocycles. The highest BCUT2D eigenvalue weighted by molar-refractivity contribution is 6.32. The zero-order chi connectivity index (χ0) is 37.2. The van der Waals surface area contributed by atoms with E-state index in [4.69, 9.17) is 30.5 Å². The van der Waals surface area contributed by atoms with Crippen LogP contribution in [0.1, 0.15) is 33.4 Å². The summed E-state index contributed by atoms with van der Waals surface area (Å²) in [6.45, 7) is 8.35. The quantitative estimate of drug-likeness (QED) is 0.104. The molecule has 6 rings (SSSR count). The van der Waals surface area contributed by atoms with Crippen molar-refractivity contribution in [1.82, 2.24) is 14.8 Å². The van der Waals surface area contributed by atoms with E-state index in [2.05, 4.69) is 34.1 Å². The minimum absolute atomic E-state index is 0. The Morgan fingerprint density at radius 1 is 0.833 bits per heavy atom. The number of aromatic nitrogens is 1. The number of halogens is 3. The second-order valence-corrected chi connectivity index (χ2v) is 13.4. The smallest absolute Gasteiger partial charge is 0.246 e. The van der Waals surface area contributed by atoms with Crippen LogP contribution in [-0.4, -0.2) is 60.6 Å². The summed E-state index contributed by atoms with van der Waals surface area (Å²) in [6, 6.07) is 28.2. The van der Waals surface area contributed by atoms with Gasteiger partial charge in [-0.2, -0.15) is 0 Å². The van der Waals surface area contributed by atoms with Crippen LogP contribution in [-0.2, 0) is 24.4 Å². The van der Waals surface area contributed by atoms with Gasteiger partial charge in [-0.25, -0.2) is 9.37 Å². The van der Waals surface area contributed by atoms with E-state index in [0.717, 1.165) is 59.8 Å². The maximum atomic E-state index is 13.7. The Morgan fingerprint density at radius 2 is 1.54 bits per heavy atom. The van der Waals surface area contributed by atoms with Crippen molar-refractivity contribution in [2.75, 3.05) is 39.9 Å². The molecule has 1 fully saturated rings. The Kier molecular flexibility index (Phi) is 14.3. The average Bonchev–Trinajstić information content (AvgIpc) is 3.16. The molecule has 282 valence electrons. The topological polar surface area (TPSA) is 73.4 Å². The number of pyridine rings is 1. The highest BCUT2D eigenvalue weighted by Gasteiger charge is 2.20. The van der Waals surface area contributed by atoms with Gasteiger partial charge in [-0.05, 0) is 108 Å². The Bertz CT molecular complexity index is 1970. The van der Waals surface area contributed by atoms with E-state index in [0.29, 0.717) is 42.1 Å². The zero-order valence-corrected chi connectivity index (χ0v) is 32.2. The molecule has 0 N–H and O–H groups in total. The van der Waals surface area contributed by atoms with Gasteiger partial charge in [-0.15, -0.1) is 12.4 Å². The number of amides is 1. The number of carbonyl (C=O) groups excluding carboxylic acids is 1. The van der Waals surface area contributed by atoms with Crippen LogP contribution in [0.4, 0.5) is 4.39 Å². The molecule has 0 saturated carbocycles. The third kappa shape index (κ3) is 11.5. The second kappa shape index (κ2) is 19.3. The van der Waals surface area contributed by atoms with Gasteiger partial charge in [0.15, 0.2) is 5.75 Å². The molecule has 0 spiro atoms. The number of hydrogen-bond donors (Lipinski definition) is 0. The van der Waals surface area contributed by atoms with Gasteiger partial charge < -0.3 is 23.8 Å². The first-order valence-corrected chi connectivity index (χ1v) is 18.0. The Balaban J connectivity index is 0.00000561. The van der Waals surface area contributed by atoms with Gasteiger partial charge in [0.1, 0.15) is 29.7 Å². The monoisotopic (exact) mass is 771 g/mol. The number of ether oxygens (including phenoxy) is 4. The lowest BCUT2D eigenvalue weighted by Gasteiger charge is -2.34. The Morgan fingerprint density at radius 3 is 2.20 bits per heavy atom. The zero-order valence-electron chi connectivity index (χ0n) is 30.6. The molecule has 0 radical (unpaired) electrons. The fraction of sp³-hybridized carbons (Fsp3) is 0.256. The summed E-state index contributed by atoms with van der Waals surface area (Å²) in [6.07, 6.45) is 5.76. The molecule has 1 aliphatic rings. The molecule has 2 heterocycles. The molecular weight excluding hydrogens is 728 g/mol. The average molecular weight is 773 g/mol. The van der Waals surface area contributed by atoms with E-state index in [9.17, 15) is 9.18 Å². The SMILES string of the molecule is COc1ccc(OCCc2ccc(CN3CCN(C(=O)C=Cc4cc(C)c(Oc5ccc(OCc6cc(C)cc(F)c6)cn5)c(Cl)c4)CC3)cc2)cc1.Cl. The van der Waals surface area contributed by atoms with Crippen LogP contribution < -0.4 is 18.9 Å². The highest BCUT2D eigenvalue weighted by Crippen LogP contribution is 2.34. The van der Waals surface area contributed by atoms with Gasteiger partial charge in [0, 0.05) is 51.3 Å². The minimum Gasteiger partial charge on any atom is -0.497 e. The fourth-order valence-corrected chi connectivity index (χ4v) is 6.40. The number of methoxy groups -OCH3 is 1. The lowest BCUT2D eigenvalue weighted by atomic mass is 10.1. The van der Waals surface area contributed by atoms with Crippen LogP contribution in [0, 0.1) is 19.7 Å². The van der Waals surface area contributed by atoms with Gasteiger partial charge >= 0.3 is 0 Å². The normalized spacial score (nSPS) is 13.0. The van der Waals surface area contributed by atoms with E-state index in [1.807, 2.05) is 55.1 Å². The van der Waals surface area contributed by atoms with Crippen molar-refractivity contribution in [1.29, 1.82) is 0 Å². The Hall–Kier alpha value is -5.09. The van der Waals surface area contributed by atoms with Crippen molar-refractivity contribution in [2.45, 2.75) is 33.4 Å². The number of benzene rings is 4. The number of carbonyl (C=O) groups is 1. The van der Waals surface area contributed by atoms with Crippen LogP contribution in [0.25, 0.3) is 6.08 Å². The molecule has 0 aliphatic carbocycles. The molecule has 54 heavy (non-hydrogen) atoms. The van der Waals surface area contributed by atoms with Crippen LogP contribution in [0.15, 0.2) is 103 Å². The number of rotatable bonds is 14. The van der Waals surface area contributed by atoms with Gasteiger partial charge in [0.05, 0.1) is 24.9 Å². The molecule has 8 nitrogen and oxygen atoms in total. The summed E-state index contributed by atoms with van der Waals surface area (Å²) in [4.78, 5) is 21.6. The Labute approximate surface area is 327 Å². The van der Waals surface area contributed by atoms with E-state index in [1.165, 1.54) is 23.3 Å². The van der Waals surface area contributed by atoms with E-state index >= 15 is 0 Å². The predicted molar refractivity (Wildman–Crippen MR) is 213 cm³/mol. The van der Waals surface area contributed by atoms with Crippen molar-refractivity contribution >= 4 is 36.0 Å². The highest BCUT2D eigenvalue weighted by atomic mass is 35.5. The maximum Gasteiger partial charge on any atom is 0.246 e. The minimum atomic E-state index is -0.292. The van der Waals surface area contributed by atoms with E-state index in [1.54, 1.807) is 43.7 Å². The van der Waals surface area contributed by atoms with Crippen molar-refractivity contribution in [3.8, 4) is 28.9 Å². The first-order valence-electron chi connectivity index (χ1n) is 17.6. The molecule has 0 atom stereocenters. The molecular formula is C43H44Cl2FN3O5. The molecule has 1 amide bonds. The molecule has 1 aliphatic heterocycles. The number of aryl methyl sites for hydroxylation is 2. The molecule has 0 unspecified atom stereocenters.